The summed E-state index contributed by atoms with van der Waals surface area (Å²) in [6, 6.07) is 7.62. The van der Waals surface area contributed by atoms with Gasteiger partial charge < -0.3 is 10.6 Å². The summed E-state index contributed by atoms with van der Waals surface area (Å²) >= 11 is 5.82. The molecule has 0 radical (unpaired) electrons. The number of rotatable bonds is 3. The van der Waals surface area contributed by atoms with Crippen molar-refractivity contribution in [3.05, 3.63) is 58.9 Å². The van der Waals surface area contributed by atoms with Crippen LogP contribution in [0.2, 0.25) is 5.02 Å². The predicted molar refractivity (Wildman–Crippen MR) is 68.0 cm³/mol. The van der Waals surface area contributed by atoms with Gasteiger partial charge in [-0.2, -0.15) is 0 Å². The summed E-state index contributed by atoms with van der Waals surface area (Å²) in [5, 5.41) is 0.719. The highest BCUT2D eigenvalue weighted by molar-refractivity contribution is 6.30. The lowest BCUT2D eigenvalue weighted by molar-refractivity contribution is -0.114. The third-order valence-electron chi connectivity index (χ3n) is 2.55. The lowest BCUT2D eigenvalue weighted by atomic mass is 10.1. The second-order valence-corrected chi connectivity index (χ2v) is 4.34. The Morgan fingerprint density at radius 2 is 2.06 bits per heavy atom. The van der Waals surface area contributed by atoms with Gasteiger partial charge in [0.15, 0.2) is 0 Å². The number of halogens is 1. The number of hydrogen-bond acceptors (Lipinski definition) is 2. The molecule has 1 aromatic rings. The summed E-state index contributed by atoms with van der Waals surface area (Å²) in [7, 11) is 0. The molecule has 1 heterocycles. The zero-order valence-electron chi connectivity index (χ0n) is 9.27. The molecule has 17 heavy (non-hydrogen) atoms. The van der Waals surface area contributed by atoms with Gasteiger partial charge in [-0.15, -0.1) is 0 Å². The average Bonchev–Trinajstić information content (AvgIpc) is 2.32. The lowest BCUT2D eigenvalue weighted by Crippen LogP contribution is -2.20. The Morgan fingerprint density at radius 3 is 2.71 bits per heavy atom. The van der Waals surface area contributed by atoms with E-state index in [4.69, 9.17) is 17.3 Å². The maximum absolute atomic E-state index is 11.1. The van der Waals surface area contributed by atoms with E-state index in [0.717, 1.165) is 10.6 Å². The van der Waals surface area contributed by atoms with Crippen LogP contribution < -0.4 is 5.73 Å². The molecule has 0 bridgehead atoms. The van der Waals surface area contributed by atoms with Crippen LogP contribution in [0, 0.1) is 0 Å². The third kappa shape index (κ3) is 3.11. The van der Waals surface area contributed by atoms with Crippen LogP contribution in [0.5, 0.6) is 0 Å². The van der Waals surface area contributed by atoms with E-state index in [-0.39, 0.29) is 5.91 Å². The number of benzene rings is 1. The zero-order valence-corrected chi connectivity index (χ0v) is 10.0. The monoisotopic (exact) mass is 248 g/mol. The van der Waals surface area contributed by atoms with Crippen molar-refractivity contribution in [2.45, 2.75) is 13.0 Å². The van der Waals surface area contributed by atoms with Gasteiger partial charge in [0, 0.05) is 29.5 Å². The molecule has 0 fully saturated rings. The molecular formula is C13H13ClN2O. The van der Waals surface area contributed by atoms with Crippen molar-refractivity contribution in [1.29, 1.82) is 0 Å². The molecule has 1 aliphatic heterocycles. The van der Waals surface area contributed by atoms with E-state index in [1.54, 1.807) is 6.20 Å². The molecule has 88 valence electrons. The molecule has 2 N–H and O–H groups in total. The SMILES string of the molecule is NC(=O)C1=CN(Cc2ccc(Cl)cc2)C=CC1. The Balaban J connectivity index is 2.08. The number of primary amides is 1. The minimum Gasteiger partial charge on any atom is -0.366 e. The molecule has 1 aliphatic rings. The van der Waals surface area contributed by atoms with E-state index >= 15 is 0 Å². The number of nitrogens with zero attached hydrogens (tertiary/aromatic N) is 1. The fraction of sp³-hybridized carbons (Fsp3) is 0.154. The number of carbonyl (C=O) groups is 1. The van der Waals surface area contributed by atoms with Crippen molar-refractivity contribution >= 4 is 17.5 Å². The molecule has 0 unspecified atom stereocenters. The van der Waals surface area contributed by atoms with E-state index in [1.807, 2.05) is 41.4 Å². The molecule has 0 aromatic heterocycles. The normalized spacial score (nSPS) is 14.6. The maximum Gasteiger partial charge on any atom is 0.246 e. The van der Waals surface area contributed by atoms with Crippen molar-refractivity contribution < 1.29 is 4.79 Å². The Bertz CT molecular complexity index is 477. The fourth-order valence-electron chi connectivity index (χ4n) is 1.67. The van der Waals surface area contributed by atoms with Gasteiger partial charge in [0.1, 0.15) is 0 Å². The molecule has 0 atom stereocenters. The van der Waals surface area contributed by atoms with Gasteiger partial charge in [0.25, 0.3) is 0 Å². The topological polar surface area (TPSA) is 46.3 Å². The molecule has 0 saturated carbocycles. The van der Waals surface area contributed by atoms with Gasteiger partial charge in [0.2, 0.25) is 5.91 Å². The second kappa shape index (κ2) is 5.06. The summed E-state index contributed by atoms with van der Waals surface area (Å²) < 4.78 is 0. The van der Waals surface area contributed by atoms with Gasteiger partial charge in [-0.1, -0.05) is 29.8 Å². The van der Waals surface area contributed by atoms with Crippen LogP contribution in [-0.4, -0.2) is 10.8 Å². The molecule has 0 spiro atoms. The van der Waals surface area contributed by atoms with Crippen molar-refractivity contribution in [1.82, 2.24) is 4.90 Å². The van der Waals surface area contributed by atoms with Crippen molar-refractivity contribution in [2.24, 2.45) is 5.73 Å². The average molecular weight is 249 g/mol. The van der Waals surface area contributed by atoms with E-state index < -0.39 is 0 Å². The van der Waals surface area contributed by atoms with Crippen LogP contribution in [0.25, 0.3) is 0 Å². The summed E-state index contributed by atoms with van der Waals surface area (Å²) in [5.41, 5.74) is 7.01. The number of hydrogen-bond donors (Lipinski definition) is 1. The highest BCUT2D eigenvalue weighted by Crippen LogP contribution is 2.16. The third-order valence-corrected chi connectivity index (χ3v) is 2.80. The van der Waals surface area contributed by atoms with E-state index in [1.165, 1.54) is 0 Å². The first-order valence-electron chi connectivity index (χ1n) is 5.32. The largest absolute Gasteiger partial charge is 0.366 e. The standard InChI is InChI=1S/C13H13ClN2O/c14-12-5-3-10(4-6-12)8-16-7-1-2-11(9-16)13(15)17/h1,3-7,9H,2,8H2,(H2,15,17). The number of carbonyl (C=O) groups excluding carboxylic acids is 1. The van der Waals surface area contributed by atoms with Crippen molar-refractivity contribution in [2.75, 3.05) is 0 Å². The van der Waals surface area contributed by atoms with Gasteiger partial charge >= 0.3 is 0 Å². The van der Waals surface area contributed by atoms with Gasteiger partial charge in [0.05, 0.1) is 0 Å². The minimum atomic E-state index is -0.365. The summed E-state index contributed by atoms with van der Waals surface area (Å²) in [5.74, 6) is -0.365. The predicted octanol–water partition coefficient (Wildman–Crippen LogP) is 2.43. The number of nitrogens with two attached hydrogens (primary N) is 1. The Morgan fingerprint density at radius 1 is 1.35 bits per heavy atom. The van der Waals surface area contributed by atoms with E-state index in [2.05, 4.69) is 0 Å². The second-order valence-electron chi connectivity index (χ2n) is 3.91. The highest BCUT2D eigenvalue weighted by atomic mass is 35.5. The molecule has 2 rings (SSSR count). The van der Waals surface area contributed by atoms with Crippen molar-refractivity contribution in [3.8, 4) is 0 Å². The first-order chi connectivity index (χ1) is 8.15. The molecule has 1 amide bonds. The zero-order chi connectivity index (χ0) is 12.3. The van der Waals surface area contributed by atoms with Crippen LogP contribution in [0.4, 0.5) is 0 Å². The van der Waals surface area contributed by atoms with Gasteiger partial charge in [-0.3, -0.25) is 4.79 Å². The minimum absolute atomic E-state index is 0.365. The van der Waals surface area contributed by atoms with Crippen LogP contribution in [0.1, 0.15) is 12.0 Å². The van der Waals surface area contributed by atoms with Gasteiger partial charge in [-0.25, -0.2) is 0 Å². The summed E-state index contributed by atoms with van der Waals surface area (Å²) in [6.45, 7) is 0.699. The van der Waals surface area contributed by atoms with Crippen LogP contribution in [-0.2, 0) is 11.3 Å². The van der Waals surface area contributed by atoms with Gasteiger partial charge in [-0.05, 0) is 24.1 Å². The maximum atomic E-state index is 11.1. The molecular weight excluding hydrogens is 236 g/mol. The molecule has 0 aliphatic carbocycles. The highest BCUT2D eigenvalue weighted by Gasteiger charge is 2.09. The quantitative estimate of drug-likeness (QED) is 0.893. The first-order valence-corrected chi connectivity index (χ1v) is 5.70. The van der Waals surface area contributed by atoms with Crippen LogP contribution in [0.15, 0.2) is 48.3 Å². The molecule has 4 heteroatoms. The molecule has 0 saturated heterocycles. The Hall–Kier alpha value is -1.74. The van der Waals surface area contributed by atoms with Crippen LogP contribution in [0.3, 0.4) is 0 Å². The Kier molecular flexibility index (Phi) is 3.49. The number of allylic oxidation sites excluding steroid dienone is 1. The van der Waals surface area contributed by atoms with Crippen LogP contribution >= 0.6 is 11.6 Å². The summed E-state index contributed by atoms with van der Waals surface area (Å²) in [4.78, 5) is 13.0. The molecule has 1 aromatic carbocycles. The Labute approximate surface area is 105 Å². The first kappa shape index (κ1) is 11.7. The number of amides is 1. The van der Waals surface area contributed by atoms with E-state index in [9.17, 15) is 4.79 Å². The fourth-order valence-corrected chi connectivity index (χ4v) is 1.80. The van der Waals surface area contributed by atoms with E-state index in [0.29, 0.717) is 18.5 Å². The lowest BCUT2D eigenvalue weighted by Gasteiger charge is -2.20. The summed E-state index contributed by atoms with van der Waals surface area (Å²) in [6.07, 6.45) is 6.26. The van der Waals surface area contributed by atoms with Crippen molar-refractivity contribution in [3.63, 3.8) is 0 Å². The smallest absolute Gasteiger partial charge is 0.246 e. The molecule has 3 nitrogen and oxygen atoms in total.